The molecule has 0 aromatic heterocycles. The Morgan fingerprint density at radius 3 is 2.50 bits per heavy atom. The van der Waals surface area contributed by atoms with Gasteiger partial charge in [0.05, 0.1) is 31.9 Å². The lowest BCUT2D eigenvalue weighted by Crippen LogP contribution is -2.30. The van der Waals surface area contributed by atoms with Gasteiger partial charge in [-0.3, -0.25) is 9.59 Å². The predicted octanol–water partition coefficient (Wildman–Crippen LogP) is 2.86. The van der Waals surface area contributed by atoms with Crippen molar-refractivity contribution in [3.05, 3.63) is 54.1 Å². The fraction of sp³-hybridized carbons (Fsp3) is 0.300. The first-order valence-electron chi connectivity index (χ1n) is 8.38. The fourth-order valence-electron chi connectivity index (χ4n) is 3.34. The smallest absolute Gasteiger partial charge is 0.230 e. The number of likely N-dealkylation sites (tertiary alicyclic amines) is 1. The maximum Gasteiger partial charge on any atom is 0.230 e. The second kappa shape index (κ2) is 7.47. The Balaban J connectivity index is 1.86. The lowest BCUT2D eigenvalue weighted by Gasteiger charge is -2.25. The molecule has 1 saturated heterocycles. The zero-order valence-electron chi connectivity index (χ0n) is 15.1. The molecule has 6 heteroatoms. The van der Waals surface area contributed by atoms with E-state index in [1.54, 1.807) is 37.3 Å². The molecule has 0 spiro atoms. The number of rotatable bonds is 5. The van der Waals surface area contributed by atoms with Crippen molar-refractivity contribution in [3.63, 3.8) is 0 Å². The maximum absolute atomic E-state index is 12.9. The van der Waals surface area contributed by atoms with Crippen LogP contribution < -0.4 is 14.8 Å². The van der Waals surface area contributed by atoms with Crippen LogP contribution in [-0.2, 0) is 9.59 Å². The van der Waals surface area contributed by atoms with Gasteiger partial charge in [0.15, 0.2) is 0 Å². The summed E-state index contributed by atoms with van der Waals surface area (Å²) in [5.74, 6) is 0.423. The number of hydrogen-bond donors (Lipinski definition) is 1. The largest absolute Gasteiger partial charge is 0.497 e. The first-order valence-corrected chi connectivity index (χ1v) is 8.38. The fourth-order valence-corrected chi connectivity index (χ4v) is 3.34. The first-order chi connectivity index (χ1) is 12.5. The van der Waals surface area contributed by atoms with Crippen molar-refractivity contribution in [1.82, 2.24) is 4.90 Å². The Kier molecular flexibility index (Phi) is 5.11. The summed E-state index contributed by atoms with van der Waals surface area (Å²) in [6.45, 7) is 0. The molecule has 2 atom stereocenters. The second-order valence-corrected chi connectivity index (χ2v) is 6.23. The summed E-state index contributed by atoms with van der Waals surface area (Å²) in [5.41, 5.74) is 1.50. The minimum absolute atomic E-state index is 0.0410. The van der Waals surface area contributed by atoms with E-state index in [9.17, 15) is 9.59 Å². The van der Waals surface area contributed by atoms with E-state index in [-0.39, 0.29) is 24.3 Å². The molecule has 2 amide bonds. The van der Waals surface area contributed by atoms with Gasteiger partial charge in [-0.1, -0.05) is 30.3 Å². The van der Waals surface area contributed by atoms with Crippen LogP contribution in [0.15, 0.2) is 48.5 Å². The van der Waals surface area contributed by atoms with Crippen LogP contribution in [0.2, 0.25) is 0 Å². The lowest BCUT2D eigenvalue weighted by atomic mass is 9.93. The highest BCUT2D eigenvalue weighted by Gasteiger charge is 2.42. The molecule has 26 heavy (non-hydrogen) atoms. The summed E-state index contributed by atoms with van der Waals surface area (Å²) >= 11 is 0. The quantitative estimate of drug-likeness (QED) is 0.896. The third-order valence-corrected chi connectivity index (χ3v) is 4.73. The number of ether oxygens (including phenoxy) is 2. The summed E-state index contributed by atoms with van der Waals surface area (Å²) in [6.07, 6.45) is 0.181. The average molecular weight is 354 g/mol. The Morgan fingerprint density at radius 1 is 1.12 bits per heavy atom. The molecule has 0 saturated carbocycles. The number of anilines is 1. The molecule has 2 aromatic rings. The molecule has 2 aromatic carbocycles. The molecule has 1 fully saturated rings. The number of carbonyl (C=O) groups is 2. The Labute approximate surface area is 152 Å². The van der Waals surface area contributed by atoms with E-state index in [0.29, 0.717) is 17.2 Å². The molecular weight excluding hydrogens is 332 g/mol. The van der Waals surface area contributed by atoms with Gasteiger partial charge in [-0.25, -0.2) is 0 Å². The van der Waals surface area contributed by atoms with E-state index in [1.165, 1.54) is 7.11 Å². The molecule has 136 valence electrons. The highest BCUT2D eigenvalue weighted by atomic mass is 16.5. The van der Waals surface area contributed by atoms with Crippen molar-refractivity contribution in [3.8, 4) is 11.5 Å². The minimum atomic E-state index is -0.471. The topological polar surface area (TPSA) is 67.9 Å². The van der Waals surface area contributed by atoms with Crippen LogP contribution in [0.3, 0.4) is 0 Å². The number of nitrogens with one attached hydrogen (secondary N) is 1. The van der Waals surface area contributed by atoms with E-state index in [4.69, 9.17) is 9.47 Å². The van der Waals surface area contributed by atoms with Gasteiger partial charge in [-0.15, -0.1) is 0 Å². The number of amides is 2. The van der Waals surface area contributed by atoms with Gasteiger partial charge >= 0.3 is 0 Å². The van der Waals surface area contributed by atoms with Crippen LogP contribution in [0, 0.1) is 5.92 Å². The van der Waals surface area contributed by atoms with Gasteiger partial charge in [0.25, 0.3) is 0 Å². The van der Waals surface area contributed by atoms with Crippen LogP contribution in [0.25, 0.3) is 0 Å². The molecule has 1 N–H and O–H groups in total. The Hall–Kier alpha value is -3.02. The molecule has 1 heterocycles. The van der Waals surface area contributed by atoms with Crippen molar-refractivity contribution in [2.75, 3.05) is 26.6 Å². The van der Waals surface area contributed by atoms with Crippen molar-refractivity contribution < 1.29 is 19.1 Å². The average Bonchev–Trinajstić information content (AvgIpc) is 2.97. The van der Waals surface area contributed by atoms with Gasteiger partial charge in [0, 0.05) is 19.5 Å². The van der Waals surface area contributed by atoms with Gasteiger partial charge in [0.2, 0.25) is 11.8 Å². The normalized spacial score (nSPS) is 19.3. The van der Waals surface area contributed by atoms with Gasteiger partial charge < -0.3 is 19.7 Å². The first kappa shape index (κ1) is 17.8. The maximum atomic E-state index is 12.9. The summed E-state index contributed by atoms with van der Waals surface area (Å²) in [4.78, 5) is 26.8. The molecule has 0 radical (unpaired) electrons. The molecular formula is C20H22N2O4. The number of hydrogen-bond acceptors (Lipinski definition) is 4. The standard InChI is InChI=1S/C20H22N2O4/c1-22-18(23)12-15(19(22)13-7-5-4-6-8-13)20(24)21-16-10-9-14(25-2)11-17(16)26-3/h4-11,15,19H,12H2,1-3H3,(H,21,24)/t15-,19+/m0/s1. The van der Waals surface area contributed by atoms with Crippen LogP contribution >= 0.6 is 0 Å². The number of nitrogens with zero attached hydrogens (tertiary/aromatic N) is 1. The summed E-state index contributed by atoms with van der Waals surface area (Å²) in [6, 6.07) is 14.5. The number of methoxy groups -OCH3 is 2. The third-order valence-electron chi connectivity index (χ3n) is 4.73. The van der Waals surface area contributed by atoms with Gasteiger partial charge in [-0.2, -0.15) is 0 Å². The summed E-state index contributed by atoms with van der Waals surface area (Å²) < 4.78 is 10.5. The van der Waals surface area contributed by atoms with Crippen molar-refractivity contribution >= 4 is 17.5 Å². The molecule has 3 rings (SSSR count). The monoisotopic (exact) mass is 354 g/mol. The zero-order chi connectivity index (χ0) is 18.7. The molecule has 0 aliphatic carbocycles. The van der Waals surface area contributed by atoms with E-state index in [2.05, 4.69) is 5.32 Å². The van der Waals surface area contributed by atoms with Crippen LogP contribution in [0.4, 0.5) is 5.69 Å². The number of carbonyl (C=O) groups excluding carboxylic acids is 2. The van der Waals surface area contributed by atoms with Gasteiger partial charge in [-0.05, 0) is 17.7 Å². The van der Waals surface area contributed by atoms with E-state index >= 15 is 0 Å². The van der Waals surface area contributed by atoms with E-state index in [1.807, 2.05) is 30.3 Å². The van der Waals surface area contributed by atoms with Crippen molar-refractivity contribution in [1.29, 1.82) is 0 Å². The molecule has 0 unspecified atom stereocenters. The minimum Gasteiger partial charge on any atom is -0.497 e. The zero-order valence-corrected chi connectivity index (χ0v) is 15.1. The van der Waals surface area contributed by atoms with Crippen LogP contribution in [0.1, 0.15) is 18.0 Å². The SMILES string of the molecule is COc1ccc(NC(=O)[C@H]2CC(=O)N(C)[C@@H]2c2ccccc2)c(OC)c1. The Bertz CT molecular complexity index is 807. The third kappa shape index (κ3) is 3.35. The molecule has 1 aliphatic heterocycles. The highest BCUT2D eigenvalue weighted by Crippen LogP contribution is 2.38. The highest BCUT2D eigenvalue weighted by molar-refractivity contribution is 5.98. The Morgan fingerprint density at radius 2 is 1.85 bits per heavy atom. The number of benzene rings is 2. The van der Waals surface area contributed by atoms with Crippen molar-refractivity contribution in [2.24, 2.45) is 5.92 Å². The lowest BCUT2D eigenvalue weighted by molar-refractivity contribution is -0.127. The van der Waals surface area contributed by atoms with Crippen LogP contribution in [-0.4, -0.2) is 38.0 Å². The second-order valence-electron chi connectivity index (χ2n) is 6.23. The summed E-state index contributed by atoms with van der Waals surface area (Å²) in [7, 11) is 4.84. The summed E-state index contributed by atoms with van der Waals surface area (Å²) in [5, 5.41) is 2.90. The predicted molar refractivity (Wildman–Crippen MR) is 98.2 cm³/mol. The van der Waals surface area contributed by atoms with E-state index in [0.717, 1.165) is 5.56 Å². The van der Waals surface area contributed by atoms with Crippen molar-refractivity contribution in [2.45, 2.75) is 12.5 Å². The molecule has 0 bridgehead atoms. The van der Waals surface area contributed by atoms with E-state index < -0.39 is 5.92 Å². The van der Waals surface area contributed by atoms with Crippen LogP contribution in [0.5, 0.6) is 11.5 Å². The molecule has 6 nitrogen and oxygen atoms in total. The van der Waals surface area contributed by atoms with Gasteiger partial charge in [0.1, 0.15) is 11.5 Å². The molecule has 1 aliphatic rings.